The first-order valence-electron chi connectivity index (χ1n) is 10.1. The van der Waals surface area contributed by atoms with Crippen LogP contribution in [0.5, 0.6) is 0 Å². The highest BCUT2D eigenvalue weighted by molar-refractivity contribution is 9.10. The van der Waals surface area contributed by atoms with Gasteiger partial charge in [0.05, 0.1) is 11.0 Å². The predicted molar refractivity (Wildman–Crippen MR) is 122 cm³/mol. The lowest BCUT2D eigenvalue weighted by Crippen LogP contribution is -2.32. The van der Waals surface area contributed by atoms with E-state index in [-0.39, 0.29) is 23.8 Å². The van der Waals surface area contributed by atoms with E-state index in [1.807, 2.05) is 67.7 Å². The summed E-state index contributed by atoms with van der Waals surface area (Å²) in [6.07, 6.45) is 0.886. The van der Waals surface area contributed by atoms with Gasteiger partial charge in [0.25, 0.3) is 0 Å². The number of carbonyl (C=O) groups excluding carboxylic acids is 1. The maximum absolute atomic E-state index is 13.2. The Labute approximate surface area is 184 Å². The van der Waals surface area contributed by atoms with E-state index in [0.717, 1.165) is 33.3 Å². The molecule has 1 amide bonds. The van der Waals surface area contributed by atoms with Crippen molar-refractivity contribution in [3.8, 4) is 0 Å². The number of fused-ring (bicyclic) bond motifs is 1. The second-order valence-corrected chi connectivity index (χ2v) is 8.79. The molecule has 1 heterocycles. The van der Waals surface area contributed by atoms with E-state index in [1.54, 1.807) is 0 Å². The van der Waals surface area contributed by atoms with Gasteiger partial charge in [-0.3, -0.25) is 4.79 Å². The summed E-state index contributed by atoms with van der Waals surface area (Å²) in [5, 5.41) is 3.29. The van der Waals surface area contributed by atoms with Gasteiger partial charge in [0.2, 0.25) is 5.91 Å². The Hall–Kier alpha value is -2.92. The van der Waals surface area contributed by atoms with Crippen molar-refractivity contribution in [1.29, 1.82) is 0 Å². The third-order valence-electron chi connectivity index (χ3n) is 5.92. The lowest BCUT2D eigenvalue weighted by atomic mass is 10.0. The third-order valence-corrected chi connectivity index (χ3v) is 6.45. The van der Waals surface area contributed by atoms with E-state index < -0.39 is 0 Å². The topological polar surface area (TPSA) is 46.9 Å². The lowest BCUT2D eigenvalue weighted by molar-refractivity contribution is -0.123. The van der Waals surface area contributed by atoms with Crippen LogP contribution in [-0.4, -0.2) is 15.5 Å². The quantitative estimate of drug-likeness (QED) is 0.437. The number of aromatic nitrogens is 2. The summed E-state index contributed by atoms with van der Waals surface area (Å²) in [6.45, 7) is 0. The Balaban J connectivity index is 1.44. The molecule has 3 unspecified atom stereocenters. The highest BCUT2D eigenvalue weighted by atomic mass is 79.9. The maximum atomic E-state index is 13.2. The molecule has 0 bridgehead atoms. The van der Waals surface area contributed by atoms with Crippen molar-refractivity contribution in [2.75, 3.05) is 0 Å². The third kappa shape index (κ3) is 3.54. The predicted octanol–water partition coefficient (Wildman–Crippen LogP) is 5.35. The van der Waals surface area contributed by atoms with Crippen LogP contribution >= 0.6 is 15.9 Å². The van der Waals surface area contributed by atoms with E-state index in [0.29, 0.717) is 0 Å². The van der Waals surface area contributed by atoms with Crippen LogP contribution in [0, 0.1) is 5.92 Å². The number of nitrogens with zero attached hydrogens (tertiary/aromatic N) is 2. The van der Waals surface area contributed by atoms with Crippen LogP contribution < -0.4 is 5.32 Å². The smallest absolute Gasteiger partial charge is 0.224 e. The zero-order chi connectivity index (χ0) is 20.7. The average Bonchev–Trinajstić information content (AvgIpc) is 3.51. The molecule has 0 spiro atoms. The van der Waals surface area contributed by atoms with Gasteiger partial charge in [0.15, 0.2) is 0 Å². The summed E-state index contributed by atoms with van der Waals surface area (Å²) in [4.78, 5) is 18.0. The SMILES string of the molecule is Cn1c(C(NC(=O)C2CC2c2ccc(Br)cc2)c2ccccc2)nc2ccccc21. The van der Waals surface area contributed by atoms with E-state index in [9.17, 15) is 4.79 Å². The Morgan fingerprint density at radius 2 is 1.73 bits per heavy atom. The van der Waals surface area contributed by atoms with Gasteiger partial charge in [-0.2, -0.15) is 0 Å². The van der Waals surface area contributed by atoms with Gasteiger partial charge in [-0.05, 0) is 47.7 Å². The lowest BCUT2D eigenvalue weighted by Gasteiger charge is -2.19. The minimum absolute atomic E-state index is 0.00655. The summed E-state index contributed by atoms with van der Waals surface area (Å²) in [5.74, 6) is 1.22. The van der Waals surface area contributed by atoms with Gasteiger partial charge in [-0.25, -0.2) is 4.98 Å². The molecule has 0 saturated heterocycles. The number of amides is 1. The summed E-state index contributed by atoms with van der Waals surface area (Å²) < 4.78 is 3.13. The number of halogens is 1. The van der Waals surface area contributed by atoms with Crippen molar-refractivity contribution in [2.45, 2.75) is 18.4 Å². The van der Waals surface area contributed by atoms with E-state index >= 15 is 0 Å². The number of aryl methyl sites for hydroxylation is 1. The number of carbonyl (C=O) groups is 1. The molecule has 5 rings (SSSR count). The molecule has 5 heteroatoms. The molecular weight excluding hydrogens is 438 g/mol. The van der Waals surface area contributed by atoms with Crippen molar-refractivity contribution < 1.29 is 4.79 Å². The first kappa shape index (κ1) is 19.1. The number of imidazole rings is 1. The largest absolute Gasteiger partial charge is 0.342 e. The number of hydrogen-bond donors (Lipinski definition) is 1. The van der Waals surface area contributed by atoms with Crippen LogP contribution in [0.4, 0.5) is 0 Å². The van der Waals surface area contributed by atoms with Crippen molar-refractivity contribution in [3.63, 3.8) is 0 Å². The molecule has 4 aromatic rings. The van der Waals surface area contributed by atoms with Crippen molar-refractivity contribution >= 4 is 32.9 Å². The number of para-hydroxylation sites is 2. The highest BCUT2D eigenvalue weighted by Gasteiger charge is 2.44. The molecule has 150 valence electrons. The summed E-state index contributed by atoms with van der Waals surface area (Å²) >= 11 is 3.48. The molecule has 1 N–H and O–H groups in total. The molecule has 1 aliphatic rings. The second-order valence-electron chi connectivity index (χ2n) is 7.87. The van der Waals surface area contributed by atoms with Gasteiger partial charge in [0, 0.05) is 17.4 Å². The normalized spacial score (nSPS) is 18.9. The van der Waals surface area contributed by atoms with Crippen molar-refractivity contribution in [2.24, 2.45) is 13.0 Å². The minimum atomic E-state index is -0.290. The molecule has 1 aliphatic carbocycles. The summed E-state index contributed by atoms with van der Waals surface area (Å²) in [5.41, 5.74) is 4.24. The molecule has 1 fully saturated rings. The zero-order valence-electron chi connectivity index (χ0n) is 16.6. The van der Waals surface area contributed by atoms with Gasteiger partial charge in [-0.1, -0.05) is 70.5 Å². The van der Waals surface area contributed by atoms with Gasteiger partial charge >= 0.3 is 0 Å². The average molecular weight is 460 g/mol. The van der Waals surface area contributed by atoms with Gasteiger partial charge in [0.1, 0.15) is 11.9 Å². The first-order chi connectivity index (χ1) is 14.6. The monoisotopic (exact) mass is 459 g/mol. The summed E-state index contributed by atoms with van der Waals surface area (Å²) in [7, 11) is 2.01. The molecule has 3 atom stereocenters. The van der Waals surface area contributed by atoms with Gasteiger partial charge < -0.3 is 9.88 Å². The number of rotatable bonds is 5. The number of benzene rings is 3. The Morgan fingerprint density at radius 3 is 2.47 bits per heavy atom. The Kier molecular flexibility index (Phi) is 4.91. The summed E-state index contributed by atoms with van der Waals surface area (Å²) in [6, 6.07) is 26.1. The number of nitrogens with one attached hydrogen (secondary N) is 1. The molecular formula is C25H22BrN3O. The second kappa shape index (κ2) is 7.73. The minimum Gasteiger partial charge on any atom is -0.342 e. The van der Waals surface area contributed by atoms with Crippen molar-refractivity contribution in [3.05, 3.63) is 100 Å². The van der Waals surface area contributed by atoms with E-state index in [4.69, 9.17) is 4.98 Å². The van der Waals surface area contributed by atoms with E-state index in [1.165, 1.54) is 5.56 Å². The molecule has 30 heavy (non-hydrogen) atoms. The Morgan fingerprint density at radius 1 is 1.03 bits per heavy atom. The molecule has 1 aromatic heterocycles. The molecule has 1 saturated carbocycles. The van der Waals surface area contributed by atoms with Crippen molar-refractivity contribution in [1.82, 2.24) is 14.9 Å². The van der Waals surface area contributed by atoms with Crippen LogP contribution in [0.3, 0.4) is 0 Å². The Bertz CT molecular complexity index is 1200. The number of hydrogen-bond acceptors (Lipinski definition) is 2. The fraction of sp³-hybridized carbons (Fsp3) is 0.200. The first-order valence-corrected chi connectivity index (χ1v) is 10.9. The fourth-order valence-electron chi connectivity index (χ4n) is 4.18. The zero-order valence-corrected chi connectivity index (χ0v) is 18.2. The standard InChI is InChI=1S/C25H22BrN3O/c1-29-22-10-6-5-9-21(22)27-24(29)23(17-7-3-2-4-8-17)28-25(30)20-15-19(20)16-11-13-18(26)14-12-16/h2-14,19-20,23H,15H2,1H3,(H,28,30). The molecule has 3 aromatic carbocycles. The highest BCUT2D eigenvalue weighted by Crippen LogP contribution is 2.48. The maximum Gasteiger partial charge on any atom is 0.224 e. The van der Waals surface area contributed by atoms with Crippen LogP contribution in [0.15, 0.2) is 83.3 Å². The fourth-order valence-corrected chi connectivity index (χ4v) is 4.44. The molecule has 0 aliphatic heterocycles. The van der Waals surface area contributed by atoms with Crippen LogP contribution in [0.1, 0.15) is 35.3 Å². The van der Waals surface area contributed by atoms with Gasteiger partial charge in [-0.15, -0.1) is 0 Å². The molecule has 0 radical (unpaired) electrons. The van der Waals surface area contributed by atoms with E-state index in [2.05, 4.69) is 44.0 Å². The van der Waals surface area contributed by atoms with Crippen LogP contribution in [0.2, 0.25) is 0 Å². The molecule has 4 nitrogen and oxygen atoms in total. The van der Waals surface area contributed by atoms with Crippen LogP contribution in [0.25, 0.3) is 11.0 Å². The van der Waals surface area contributed by atoms with Crippen LogP contribution in [-0.2, 0) is 11.8 Å².